The Morgan fingerprint density at radius 2 is 2.00 bits per heavy atom. The smallest absolute Gasteiger partial charge is 0.269 e. The Morgan fingerprint density at radius 3 is 2.70 bits per heavy atom. The summed E-state index contributed by atoms with van der Waals surface area (Å²) >= 11 is 0. The molecule has 2 aromatic rings. The Hall–Kier alpha value is -2.36. The van der Waals surface area contributed by atoms with Crippen molar-refractivity contribution in [2.24, 2.45) is 0 Å². The zero-order valence-electron chi connectivity index (χ0n) is 11.8. The van der Waals surface area contributed by atoms with Crippen LogP contribution in [0.15, 0.2) is 48.7 Å². The van der Waals surface area contributed by atoms with Gasteiger partial charge >= 0.3 is 0 Å². The first-order valence-corrected chi connectivity index (χ1v) is 6.67. The quantitative estimate of drug-likeness (QED) is 0.877. The van der Waals surface area contributed by atoms with E-state index in [0.29, 0.717) is 12.2 Å². The predicted molar refractivity (Wildman–Crippen MR) is 81.0 cm³/mol. The Balaban J connectivity index is 1.95. The average molecular weight is 269 g/mol. The number of hydrogen-bond acceptors (Lipinski definition) is 3. The van der Waals surface area contributed by atoms with Crippen LogP contribution < -0.4 is 10.6 Å². The first-order chi connectivity index (χ1) is 9.70. The zero-order chi connectivity index (χ0) is 14.4. The second kappa shape index (κ2) is 6.70. The Labute approximate surface area is 119 Å². The SMILES string of the molecule is CNc1ccnc(C(=O)NCC(C)c2ccccc2)c1. The number of anilines is 1. The summed E-state index contributed by atoms with van der Waals surface area (Å²) in [6, 6.07) is 13.7. The molecule has 1 heterocycles. The molecule has 0 spiro atoms. The summed E-state index contributed by atoms with van der Waals surface area (Å²) in [6.07, 6.45) is 1.63. The van der Waals surface area contributed by atoms with Crippen molar-refractivity contribution in [2.45, 2.75) is 12.8 Å². The molecule has 1 aromatic heterocycles. The molecule has 0 bridgehead atoms. The van der Waals surface area contributed by atoms with Gasteiger partial charge in [0.05, 0.1) is 0 Å². The molecule has 20 heavy (non-hydrogen) atoms. The Morgan fingerprint density at radius 1 is 1.25 bits per heavy atom. The van der Waals surface area contributed by atoms with Gasteiger partial charge in [-0.2, -0.15) is 0 Å². The number of carbonyl (C=O) groups excluding carboxylic acids is 1. The third-order valence-electron chi connectivity index (χ3n) is 3.22. The number of nitrogens with one attached hydrogen (secondary N) is 2. The number of nitrogens with zero attached hydrogens (tertiary/aromatic N) is 1. The number of rotatable bonds is 5. The molecule has 2 N–H and O–H groups in total. The fourth-order valence-electron chi connectivity index (χ4n) is 1.95. The number of benzene rings is 1. The van der Waals surface area contributed by atoms with Crippen LogP contribution in [0.3, 0.4) is 0 Å². The zero-order valence-corrected chi connectivity index (χ0v) is 11.8. The van der Waals surface area contributed by atoms with Crippen LogP contribution in [0.25, 0.3) is 0 Å². The van der Waals surface area contributed by atoms with E-state index in [-0.39, 0.29) is 11.8 Å². The fourth-order valence-corrected chi connectivity index (χ4v) is 1.95. The third-order valence-corrected chi connectivity index (χ3v) is 3.22. The molecular formula is C16H19N3O. The largest absolute Gasteiger partial charge is 0.388 e. The van der Waals surface area contributed by atoms with Crippen LogP contribution in [0.2, 0.25) is 0 Å². The third kappa shape index (κ3) is 3.57. The topological polar surface area (TPSA) is 54.0 Å². The maximum atomic E-state index is 12.0. The molecule has 1 unspecified atom stereocenters. The van der Waals surface area contributed by atoms with Crippen molar-refractivity contribution >= 4 is 11.6 Å². The minimum atomic E-state index is -0.148. The van der Waals surface area contributed by atoms with E-state index in [1.807, 2.05) is 31.3 Å². The molecule has 4 heteroatoms. The number of carbonyl (C=O) groups is 1. The van der Waals surface area contributed by atoms with E-state index in [2.05, 4.69) is 34.7 Å². The van der Waals surface area contributed by atoms with E-state index in [1.54, 1.807) is 12.3 Å². The van der Waals surface area contributed by atoms with Gasteiger partial charge in [-0.05, 0) is 23.6 Å². The maximum absolute atomic E-state index is 12.0. The van der Waals surface area contributed by atoms with Crippen molar-refractivity contribution < 1.29 is 4.79 Å². The first-order valence-electron chi connectivity index (χ1n) is 6.67. The maximum Gasteiger partial charge on any atom is 0.269 e. The van der Waals surface area contributed by atoms with Crippen molar-refractivity contribution in [1.29, 1.82) is 0 Å². The van der Waals surface area contributed by atoms with E-state index in [4.69, 9.17) is 0 Å². The van der Waals surface area contributed by atoms with Crippen LogP contribution in [-0.4, -0.2) is 24.5 Å². The number of pyridine rings is 1. The van der Waals surface area contributed by atoms with Crippen molar-refractivity contribution in [3.05, 3.63) is 59.9 Å². The van der Waals surface area contributed by atoms with Gasteiger partial charge in [-0.15, -0.1) is 0 Å². The molecule has 0 fully saturated rings. The van der Waals surface area contributed by atoms with Crippen molar-refractivity contribution in [2.75, 3.05) is 18.9 Å². The summed E-state index contributed by atoms with van der Waals surface area (Å²) < 4.78 is 0. The highest BCUT2D eigenvalue weighted by molar-refractivity contribution is 5.93. The summed E-state index contributed by atoms with van der Waals surface area (Å²) in [6.45, 7) is 2.68. The predicted octanol–water partition coefficient (Wildman–Crippen LogP) is 2.66. The second-order valence-corrected chi connectivity index (χ2v) is 4.70. The lowest BCUT2D eigenvalue weighted by molar-refractivity contribution is 0.0946. The highest BCUT2D eigenvalue weighted by Crippen LogP contribution is 2.13. The van der Waals surface area contributed by atoms with Gasteiger partial charge in [0.1, 0.15) is 5.69 Å². The highest BCUT2D eigenvalue weighted by Gasteiger charge is 2.10. The van der Waals surface area contributed by atoms with Gasteiger partial charge < -0.3 is 10.6 Å². The molecule has 2 rings (SSSR count). The van der Waals surface area contributed by atoms with Gasteiger partial charge in [0.15, 0.2) is 0 Å². The molecule has 1 amide bonds. The average Bonchev–Trinajstić information content (AvgIpc) is 2.53. The number of hydrogen-bond donors (Lipinski definition) is 2. The van der Waals surface area contributed by atoms with Crippen LogP contribution in [0, 0.1) is 0 Å². The van der Waals surface area contributed by atoms with Crippen LogP contribution in [-0.2, 0) is 0 Å². The molecule has 1 atom stereocenters. The molecule has 0 aliphatic rings. The van der Waals surface area contributed by atoms with Gasteiger partial charge in [0.25, 0.3) is 5.91 Å². The molecule has 0 saturated heterocycles. The lowest BCUT2D eigenvalue weighted by Crippen LogP contribution is -2.28. The van der Waals surface area contributed by atoms with E-state index in [9.17, 15) is 4.79 Å². The van der Waals surface area contributed by atoms with Crippen LogP contribution >= 0.6 is 0 Å². The Bertz CT molecular complexity index is 569. The lowest BCUT2D eigenvalue weighted by Gasteiger charge is -2.13. The Kier molecular flexibility index (Phi) is 4.71. The van der Waals surface area contributed by atoms with Crippen LogP contribution in [0.5, 0.6) is 0 Å². The van der Waals surface area contributed by atoms with Crippen molar-refractivity contribution in [3.8, 4) is 0 Å². The van der Waals surface area contributed by atoms with Crippen molar-refractivity contribution in [1.82, 2.24) is 10.3 Å². The molecular weight excluding hydrogens is 250 g/mol. The summed E-state index contributed by atoms with van der Waals surface area (Å²) in [7, 11) is 1.81. The van der Waals surface area contributed by atoms with Gasteiger partial charge in [0, 0.05) is 25.5 Å². The van der Waals surface area contributed by atoms with Gasteiger partial charge in [-0.25, -0.2) is 0 Å². The molecule has 0 aliphatic carbocycles. The van der Waals surface area contributed by atoms with E-state index in [0.717, 1.165) is 5.69 Å². The minimum Gasteiger partial charge on any atom is -0.388 e. The van der Waals surface area contributed by atoms with Crippen molar-refractivity contribution in [3.63, 3.8) is 0 Å². The van der Waals surface area contributed by atoms with Gasteiger partial charge in [0.2, 0.25) is 0 Å². The number of amides is 1. The molecule has 1 aromatic carbocycles. The summed E-state index contributed by atoms with van der Waals surface area (Å²) in [4.78, 5) is 16.1. The molecule has 4 nitrogen and oxygen atoms in total. The van der Waals surface area contributed by atoms with Crippen LogP contribution in [0.1, 0.15) is 28.9 Å². The summed E-state index contributed by atoms with van der Waals surface area (Å²) in [5.41, 5.74) is 2.52. The monoisotopic (exact) mass is 269 g/mol. The lowest BCUT2D eigenvalue weighted by atomic mass is 10.0. The minimum absolute atomic E-state index is 0.148. The molecule has 104 valence electrons. The van der Waals surface area contributed by atoms with Gasteiger partial charge in [-0.3, -0.25) is 9.78 Å². The molecule has 0 radical (unpaired) electrons. The molecule has 0 saturated carbocycles. The van der Waals surface area contributed by atoms with E-state index < -0.39 is 0 Å². The summed E-state index contributed by atoms with van der Waals surface area (Å²) in [5, 5.41) is 5.91. The normalized spacial score (nSPS) is 11.7. The van der Waals surface area contributed by atoms with E-state index in [1.165, 1.54) is 5.56 Å². The van der Waals surface area contributed by atoms with Crippen LogP contribution in [0.4, 0.5) is 5.69 Å². The second-order valence-electron chi connectivity index (χ2n) is 4.70. The van der Waals surface area contributed by atoms with E-state index >= 15 is 0 Å². The standard InChI is InChI=1S/C16H19N3O/c1-12(13-6-4-3-5-7-13)11-19-16(20)15-10-14(17-2)8-9-18-15/h3-10,12H,11H2,1-2H3,(H,17,18)(H,19,20). The first kappa shape index (κ1) is 14.1. The highest BCUT2D eigenvalue weighted by atomic mass is 16.1. The number of aromatic nitrogens is 1. The molecule has 0 aliphatic heterocycles. The fraction of sp³-hybridized carbons (Fsp3) is 0.250. The van der Waals surface area contributed by atoms with Gasteiger partial charge in [-0.1, -0.05) is 37.3 Å². The summed E-state index contributed by atoms with van der Waals surface area (Å²) in [5.74, 6) is 0.123.